The number of nitrogens with zero attached hydrogens (tertiary/aromatic N) is 4. The Morgan fingerprint density at radius 2 is 1.97 bits per heavy atom. The summed E-state index contributed by atoms with van der Waals surface area (Å²) in [4.78, 5) is 30.2. The van der Waals surface area contributed by atoms with Crippen LogP contribution >= 0.6 is 11.3 Å². The lowest BCUT2D eigenvalue weighted by molar-refractivity contribution is -0.384. The van der Waals surface area contributed by atoms with Gasteiger partial charge in [-0.2, -0.15) is 9.78 Å². The second-order valence-corrected chi connectivity index (χ2v) is 8.50. The summed E-state index contributed by atoms with van der Waals surface area (Å²) in [6, 6.07) is 9.61. The fourth-order valence-corrected chi connectivity index (χ4v) is 5.17. The number of aryl methyl sites for hydroxylation is 3. The van der Waals surface area contributed by atoms with E-state index in [1.807, 2.05) is 0 Å². The van der Waals surface area contributed by atoms with Crippen LogP contribution in [0.2, 0.25) is 0 Å². The average molecular weight is 434 g/mol. The first-order valence-corrected chi connectivity index (χ1v) is 10.8. The van der Waals surface area contributed by atoms with E-state index >= 15 is 0 Å². The van der Waals surface area contributed by atoms with Crippen molar-refractivity contribution in [1.82, 2.24) is 9.66 Å². The van der Waals surface area contributed by atoms with E-state index in [9.17, 15) is 14.9 Å². The van der Waals surface area contributed by atoms with Crippen molar-refractivity contribution in [1.29, 1.82) is 0 Å². The molecule has 0 N–H and O–H groups in total. The molecule has 3 aromatic heterocycles. The molecule has 0 saturated carbocycles. The maximum absolute atomic E-state index is 13.1. The van der Waals surface area contributed by atoms with E-state index in [0.717, 1.165) is 36.1 Å². The molecule has 1 aliphatic rings. The summed E-state index contributed by atoms with van der Waals surface area (Å²) in [7, 11) is 0. The Bertz CT molecular complexity index is 1400. The Labute approximate surface area is 180 Å². The lowest BCUT2D eigenvalue weighted by Crippen LogP contribution is -2.21. The molecule has 0 radical (unpaired) electrons. The van der Waals surface area contributed by atoms with Crippen LogP contribution in [0.3, 0.4) is 0 Å². The summed E-state index contributed by atoms with van der Waals surface area (Å²) in [5, 5.41) is 15.8. The maximum Gasteiger partial charge on any atom is 0.283 e. The van der Waals surface area contributed by atoms with E-state index in [0.29, 0.717) is 28.3 Å². The Morgan fingerprint density at radius 3 is 2.74 bits per heavy atom. The summed E-state index contributed by atoms with van der Waals surface area (Å²) in [5.41, 5.74) is 1.71. The summed E-state index contributed by atoms with van der Waals surface area (Å²) in [5.74, 6) is 1.54. The van der Waals surface area contributed by atoms with Crippen LogP contribution in [0.4, 0.5) is 5.69 Å². The highest BCUT2D eigenvalue weighted by Gasteiger charge is 2.21. The number of non-ortho nitro benzene ring substituents is 1. The summed E-state index contributed by atoms with van der Waals surface area (Å²) in [6.07, 6.45) is 5.65. The van der Waals surface area contributed by atoms with Crippen molar-refractivity contribution >= 4 is 33.5 Å². The number of hydrogen-bond acceptors (Lipinski definition) is 7. The third-order valence-corrected chi connectivity index (χ3v) is 6.60. The Hall–Kier alpha value is -3.59. The second kappa shape index (κ2) is 7.59. The molecule has 3 heterocycles. The van der Waals surface area contributed by atoms with Gasteiger partial charge in [-0.15, -0.1) is 11.3 Å². The lowest BCUT2D eigenvalue weighted by atomic mass is 9.97. The average Bonchev–Trinajstić information content (AvgIpc) is 3.38. The molecule has 31 heavy (non-hydrogen) atoms. The highest BCUT2D eigenvalue weighted by molar-refractivity contribution is 7.18. The van der Waals surface area contributed by atoms with Crippen molar-refractivity contribution in [3.63, 3.8) is 0 Å². The van der Waals surface area contributed by atoms with Gasteiger partial charge in [0.2, 0.25) is 0 Å². The molecule has 0 unspecified atom stereocenters. The van der Waals surface area contributed by atoms with E-state index in [1.54, 1.807) is 42.5 Å². The van der Waals surface area contributed by atoms with Gasteiger partial charge in [-0.3, -0.25) is 14.9 Å². The van der Waals surface area contributed by atoms with Crippen molar-refractivity contribution in [3.8, 4) is 11.3 Å². The zero-order valence-electron chi connectivity index (χ0n) is 16.7. The van der Waals surface area contributed by atoms with E-state index < -0.39 is 4.92 Å². The van der Waals surface area contributed by atoms with E-state index in [2.05, 4.69) is 10.1 Å². The first-order chi connectivity index (χ1) is 15.0. The molecule has 1 aromatic carbocycles. The van der Waals surface area contributed by atoms with Gasteiger partial charge >= 0.3 is 0 Å². The highest BCUT2D eigenvalue weighted by Crippen LogP contribution is 2.33. The number of nitro benzene ring substituents is 1. The van der Waals surface area contributed by atoms with Gasteiger partial charge in [-0.1, -0.05) is 0 Å². The minimum atomic E-state index is -0.445. The molecule has 0 fully saturated rings. The molecule has 0 spiro atoms. The largest absolute Gasteiger partial charge is 0.455 e. The molecule has 156 valence electrons. The molecule has 0 amide bonds. The van der Waals surface area contributed by atoms with Crippen molar-refractivity contribution in [3.05, 3.63) is 78.9 Å². The van der Waals surface area contributed by atoms with E-state index in [-0.39, 0.29) is 11.2 Å². The second-order valence-electron chi connectivity index (χ2n) is 7.42. The molecule has 1 aliphatic carbocycles. The number of fused-ring (bicyclic) bond motifs is 3. The van der Waals surface area contributed by atoms with Crippen LogP contribution in [0, 0.1) is 17.0 Å². The predicted molar refractivity (Wildman–Crippen MR) is 119 cm³/mol. The SMILES string of the molecule is Cc1nc2sc3c(c2c(=O)n1/N=C\c1ccc(-c2ccc([N+](=O)[O-])cc2)o1)CCCC3. The van der Waals surface area contributed by atoms with Crippen molar-refractivity contribution < 1.29 is 9.34 Å². The molecule has 8 nitrogen and oxygen atoms in total. The third kappa shape index (κ3) is 3.46. The van der Waals surface area contributed by atoms with Crippen molar-refractivity contribution in [2.75, 3.05) is 0 Å². The molecular formula is C22H18N4O4S. The van der Waals surface area contributed by atoms with Gasteiger partial charge in [-0.25, -0.2) is 4.98 Å². The van der Waals surface area contributed by atoms with Crippen LogP contribution in [0.25, 0.3) is 21.5 Å². The van der Waals surface area contributed by atoms with Gasteiger partial charge in [0.25, 0.3) is 11.2 Å². The lowest BCUT2D eigenvalue weighted by Gasteiger charge is -2.10. The molecule has 0 bridgehead atoms. The van der Waals surface area contributed by atoms with Gasteiger partial charge in [0, 0.05) is 22.6 Å². The van der Waals surface area contributed by atoms with Gasteiger partial charge in [0.1, 0.15) is 22.2 Å². The molecule has 4 aromatic rings. The normalized spacial score (nSPS) is 13.7. The molecule has 0 saturated heterocycles. The highest BCUT2D eigenvalue weighted by atomic mass is 32.1. The zero-order valence-corrected chi connectivity index (χ0v) is 17.5. The van der Waals surface area contributed by atoms with E-state index in [4.69, 9.17) is 4.42 Å². The Kier molecular flexibility index (Phi) is 4.74. The standard InChI is InChI=1S/C22H18N4O4S/c1-13-24-21-20(17-4-2-3-5-19(17)31-21)22(27)25(13)23-12-16-10-11-18(30-16)14-6-8-15(9-7-14)26(28)29/h6-12H,2-5H2,1H3/b23-12-. The zero-order chi connectivity index (χ0) is 21.5. The molecule has 5 rings (SSSR count). The number of thiophene rings is 1. The number of rotatable bonds is 4. The van der Waals surface area contributed by atoms with Gasteiger partial charge in [0.15, 0.2) is 0 Å². The van der Waals surface area contributed by atoms with E-state index in [1.165, 1.54) is 27.9 Å². The Balaban J connectivity index is 1.47. The monoisotopic (exact) mass is 434 g/mol. The van der Waals surface area contributed by atoms with Crippen molar-refractivity contribution in [2.45, 2.75) is 32.6 Å². The minimum absolute atomic E-state index is 0.0189. The Morgan fingerprint density at radius 1 is 1.19 bits per heavy atom. The topological polar surface area (TPSA) is 104 Å². The van der Waals surface area contributed by atoms with Gasteiger partial charge in [0.05, 0.1) is 16.5 Å². The first kappa shape index (κ1) is 19.4. The van der Waals surface area contributed by atoms with Gasteiger partial charge < -0.3 is 4.42 Å². The molecule has 0 atom stereocenters. The van der Waals surface area contributed by atoms with Crippen LogP contribution < -0.4 is 5.56 Å². The number of hydrogen-bond donors (Lipinski definition) is 0. The van der Waals surface area contributed by atoms with Gasteiger partial charge in [-0.05, 0) is 62.4 Å². The minimum Gasteiger partial charge on any atom is -0.455 e. The third-order valence-electron chi connectivity index (χ3n) is 5.42. The quantitative estimate of drug-likeness (QED) is 0.263. The summed E-state index contributed by atoms with van der Waals surface area (Å²) >= 11 is 1.62. The number of furan rings is 1. The molecular weight excluding hydrogens is 416 g/mol. The van der Waals surface area contributed by atoms with Crippen LogP contribution in [-0.4, -0.2) is 20.8 Å². The van der Waals surface area contributed by atoms with Crippen LogP contribution in [0.1, 0.15) is 34.9 Å². The predicted octanol–water partition coefficient (Wildman–Crippen LogP) is 4.70. The number of nitro groups is 1. The summed E-state index contributed by atoms with van der Waals surface area (Å²) < 4.78 is 7.10. The van der Waals surface area contributed by atoms with Crippen LogP contribution in [0.5, 0.6) is 0 Å². The fraction of sp³-hybridized carbons (Fsp3) is 0.227. The fourth-order valence-electron chi connectivity index (χ4n) is 3.87. The van der Waals surface area contributed by atoms with Crippen LogP contribution in [0.15, 0.2) is 50.7 Å². The molecule has 9 heteroatoms. The summed E-state index contributed by atoms with van der Waals surface area (Å²) in [6.45, 7) is 1.77. The van der Waals surface area contributed by atoms with Crippen LogP contribution in [-0.2, 0) is 12.8 Å². The smallest absolute Gasteiger partial charge is 0.283 e. The number of aromatic nitrogens is 2. The molecule has 0 aliphatic heterocycles. The first-order valence-electron chi connectivity index (χ1n) is 9.94. The maximum atomic E-state index is 13.1. The van der Waals surface area contributed by atoms with Crippen molar-refractivity contribution in [2.24, 2.45) is 5.10 Å². The number of benzene rings is 1.